The van der Waals surface area contributed by atoms with Gasteiger partial charge in [0.25, 0.3) is 0 Å². The highest BCUT2D eigenvalue weighted by atomic mass is 79.9. The van der Waals surface area contributed by atoms with Crippen LogP contribution in [-0.4, -0.2) is 11.1 Å². The topological polar surface area (TPSA) is 46.2 Å². The molecule has 4 heteroatoms. The Morgan fingerprint density at radius 1 is 1.44 bits per heavy atom. The van der Waals surface area contributed by atoms with Crippen molar-refractivity contribution in [1.82, 2.24) is 0 Å². The zero-order valence-electron chi connectivity index (χ0n) is 9.45. The number of hydrogen-bond donors (Lipinski definition) is 2. The Labute approximate surface area is 110 Å². The number of hydrogen-bond acceptors (Lipinski definition) is 2. The number of benzene rings is 1. The van der Waals surface area contributed by atoms with E-state index in [9.17, 15) is 5.11 Å². The maximum Gasteiger partial charge on any atom is 0.0951 e. The Hall–Kier alpha value is -0.0900. The molecule has 0 aliphatic rings. The van der Waals surface area contributed by atoms with Crippen LogP contribution in [0.25, 0.3) is 0 Å². The first-order valence-corrected chi connectivity index (χ1v) is 6.47. The molecule has 16 heavy (non-hydrogen) atoms. The summed E-state index contributed by atoms with van der Waals surface area (Å²) >= 11 is 9.22. The molecular formula is C12H17BrClNO. The molecule has 0 saturated carbocycles. The summed E-state index contributed by atoms with van der Waals surface area (Å²) in [4.78, 5) is 0. The molecule has 0 saturated heterocycles. The summed E-state index contributed by atoms with van der Waals surface area (Å²) in [6.45, 7) is 4.17. The fourth-order valence-electron chi connectivity index (χ4n) is 1.65. The van der Waals surface area contributed by atoms with Gasteiger partial charge in [-0.25, -0.2) is 0 Å². The fourth-order valence-corrected chi connectivity index (χ4v) is 2.56. The van der Waals surface area contributed by atoms with Gasteiger partial charge >= 0.3 is 0 Å². The lowest BCUT2D eigenvalue weighted by atomic mass is 9.95. The minimum absolute atomic E-state index is 0.252. The highest BCUT2D eigenvalue weighted by Gasteiger charge is 2.20. The zero-order valence-corrected chi connectivity index (χ0v) is 11.8. The predicted octanol–water partition coefficient (Wildman–Crippen LogP) is 3.51. The second-order valence-corrected chi connectivity index (χ2v) is 5.69. The largest absolute Gasteiger partial charge is 0.387 e. The number of rotatable bonds is 4. The summed E-state index contributed by atoms with van der Waals surface area (Å²) in [6, 6.07) is 5.07. The van der Waals surface area contributed by atoms with Crippen LogP contribution >= 0.6 is 27.5 Å². The summed E-state index contributed by atoms with van der Waals surface area (Å²) in [5.74, 6) is 0.468. The van der Waals surface area contributed by atoms with Gasteiger partial charge in [0, 0.05) is 15.5 Å². The Morgan fingerprint density at radius 2 is 2.06 bits per heavy atom. The van der Waals surface area contributed by atoms with Crippen molar-refractivity contribution in [2.45, 2.75) is 32.4 Å². The van der Waals surface area contributed by atoms with E-state index in [2.05, 4.69) is 29.8 Å². The minimum atomic E-state index is -0.658. The SMILES string of the molecule is CC(C)CC(N)C(O)c1ccc(Cl)cc1Br. The Bertz CT molecular complexity index is 357. The van der Waals surface area contributed by atoms with Crippen molar-refractivity contribution in [3.8, 4) is 0 Å². The Balaban J connectivity index is 2.83. The standard InChI is InChI=1S/C12H17BrClNO/c1-7(2)5-11(15)12(16)9-4-3-8(14)6-10(9)13/h3-4,6-7,11-12,16H,5,15H2,1-2H3. The summed E-state index contributed by atoms with van der Waals surface area (Å²) < 4.78 is 0.798. The second-order valence-electron chi connectivity index (χ2n) is 4.40. The van der Waals surface area contributed by atoms with Crippen molar-refractivity contribution in [2.75, 3.05) is 0 Å². The number of nitrogens with two attached hydrogens (primary N) is 1. The molecule has 0 heterocycles. The molecule has 2 atom stereocenters. The van der Waals surface area contributed by atoms with Gasteiger partial charge in [0.05, 0.1) is 6.10 Å². The van der Waals surface area contributed by atoms with Crippen LogP contribution < -0.4 is 5.73 Å². The monoisotopic (exact) mass is 305 g/mol. The van der Waals surface area contributed by atoms with E-state index in [4.69, 9.17) is 17.3 Å². The third-order valence-electron chi connectivity index (χ3n) is 2.43. The lowest BCUT2D eigenvalue weighted by molar-refractivity contribution is 0.135. The molecule has 0 aliphatic heterocycles. The van der Waals surface area contributed by atoms with E-state index in [1.54, 1.807) is 18.2 Å². The predicted molar refractivity (Wildman–Crippen MR) is 71.5 cm³/mol. The highest BCUT2D eigenvalue weighted by Crippen LogP contribution is 2.29. The first kappa shape index (κ1) is 14.0. The smallest absolute Gasteiger partial charge is 0.0951 e. The van der Waals surface area contributed by atoms with Gasteiger partial charge in [-0.1, -0.05) is 47.4 Å². The average Bonchev–Trinajstić information content (AvgIpc) is 2.15. The van der Waals surface area contributed by atoms with Crippen LogP contribution in [0.3, 0.4) is 0 Å². The third-order valence-corrected chi connectivity index (χ3v) is 3.35. The van der Waals surface area contributed by atoms with Crippen molar-refractivity contribution >= 4 is 27.5 Å². The number of halogens is 2. The van der Waals surface area contributed by atoms with Crippen LogP contribution in [0.15, 0.2) is 22.7 Å². The zero-order chi connectivity index (χ0) is 12.3. The summed E-state index contributed by atoms with van der Waals surface area (Å²) in [7, 11) is 0. The van der Waals surface area contributed by atoms with Gasteiger partial charge in [0.1, 0.15) is 0 Å². The van der Waals surface area contributed by atoms with Crippen LogP contribution in [0, 0.1) is 5.92 Å². The molecule has 0 bridgehead atoms. The summed E-state index contributed by atoms with van der Waals surface area (Å²) in [6.07, 6.45) is 0.130. The van der Waals surface area contributed by atoms with Gasteiger partial charge in [-0.05, 0) is 30.0 Å². The van der Waals surface area contributed by atoms with Crippen LogP contribution in [0.2, 0.25) is 5.02 Å². The van der Waals surface area contributed by atoms with Crippen LogP contribution in [0.1, 0.15) is 31.9 Å². The van der Waals surface area contributed by atoms with E-state index in [0.717, 1.165) is 16.5 Å². The second kappa shape index (κ2) is 6.01. The Morgan fingerprint density at radius 3 is 2.56 bits per heavy atom. The van der Waals surface area contributed by atoms with Crippen LogP contribution in [-0.2, 0) is 0 Å². The van der Waals surface area contributed by atoms with E-state index < -0.39 is 6.10 Å². The highest BCUT2D eigenvalue weighted by molar-refractivity contribution is 9.10. The Kier molecular flexibility index (Phi) is 5.25. The lowest BCUT2D eigenvalue weighted by Crippen LogP contribution is -2.30. The van der Waals surface area contributed by atoms with Crippen LogP contribution in [0.4, 0.5) is 0 Å². The molecule has 0 aromatic heterocycles. The molecule has 1 aromatic carbocycles. The average molecular weight is 307 g/mol. The normalized spacial score (nSPS) is 15.2. The summed E-state index contributed by atoms with van der Waals surface area (Å²) in [5.41, 5.74) is 6.74. The molecule has 1 rings (SSSR count). The van der Waals surface area contributed by atoms with Crippen molar-refractivity contribution in [2.24, 2.45) is 11.7 Å². The van der Waals surface area contributed by atoms with Gasteiger partial charge in [-0.2, -0.15) is 0 Å². The van der Waals surface area contributed by atoms with Gasteiger partial charge < -0.3 is 10.8 Å². The van der Waals surface area contributed by atoms with Crippen molar-refractivity contribution in [1.29, 1.82) is 0 Å². The fraction of sp³-hybridized carbons (Fsp3) is 0.500. The molecule has 3 N–H and O–H groups in total. The molecule has 1 aromatic rings. The van der Waals surface area contributed by atoms with Crippen molar-refractivity contribution in [3.63, 3.8) is 0 Å². The van der Waals surface area contributed by atoms with E-state index in [0.29, 0.717) is 10.9 Å². The van der Waals surface area contributed by atoms with E-state index >= 15 is 0 Å². The third kappa shape index (κ3) is 3.74. The van der Waals surface area contributed by atoms with Gasteiger partial charge in [-0.3, -0.25) is 0 Å². The quantitative estimate of drug-likeness (QED) is 0.894. The van der Waals surface area contributed by atoms with E-state index in [1.165, 1.54) is 0 Å². The minimum Gasteiger partial charge on any atom is -0.387 e. The number of aliphatic hydroxyl groups is 1. The first-order valence-electron chi connectivity index (χ1n) is 5.30. The maximum absolute atomic E-state index is 10.1. The van der Waals surface area contributed by atoms with Gasteiger partial charge in [0.15, 0.2) is 0 Å². The van der Waals surface area contributed by atoms with Gasteiger partial charge in [0.2, 0.25) is 0 Å². The molecule has 0 fully saturated rings. The van der Waals surface area contributed by atoms with Crippen molar-refractivity contribution in [3.05, 3.63) is 33.3 Å². The molecular weight excluding hydrogens is 289 g/mol. The number of aliphatic hydroxyl groups excluding tert-OH is 1. The van der Waals surface area contributed by atoms with Crippen LogP contribution in [0.5, 0.6) is 0 Å². The molecule has 0 radical (unpaired) electrons. The molecule has 0 spiro atoms. The molecule has 2 nitrogen and oxygen atoms in total. The van der Waals surface area contributed by atoms with E-state index in [-0.39, 0.29) is 6.04 Å². The lowest BCUT2D eigenvalue weighted by Gasteiger charge is -2.21. The maximum atomic E-state index is 10.1. The molecule has 0 aliphatic carbocycles. The molecule has 90 valence electrons. The summed E-state index contributed by atoms with van der Waals surface area (Å²) in [5, 5.41) is 10.8. The van der Waals surface area contributed by atoms with E-state index in [1.807, 2.05) is 0 Å². The van der Waals surface area contributed by atoms with Crippen molar-refractivity contribution < 1.29 is 5.11 Å². The van der Waals surface area contributed by atoms with Gasteiger partial charge in [-0.15, -0.1) is 0 Å². The molecule has 0 amide bonds. The molecule has 2 unspecified atom stereocenters. The first-order chi connectivity index (χ1) is 7.41.